The Hall–Kier alpha value is -4.67. The van der Waals surface area contributed by atoms with Gasteiger partial charge in [0, 0.05) is 6.07 Å². The lowest BCUT2D eigenvalue weighted by atomic mass is 10.2. The van der Waals surface area contributed by atoms with Gasteiger partial charge in [-0.3, -0.25) is 20.2 Å². The lowest BCUT2D eigenvalue weighted by Gasteiger charge is -2.05. The molecule has 1 N–H and O–H groups in total. The zero-order valence-electron chi connectivity index (χ0n) is 15.0. The van der Waals surface area contributed by atoms with Gasteiger partial charge in [0.05, 0.1) is 32.9 Å². The highest BCUT2D eigenvalue weighted by Gasteiger charge is 2.23. The summed E-state index contributed by atoms with van der Waals surface area (Å²) in [5, 5.41) is 39.1. The average Bonchev–Trinajstić information content (AvgIpc) is 2.73. The Balaban J connectivity index is 1.74. The van der Waals surface area contributed by atoms with E-state index in [4.69, 9.17) is 4.74 Å². The molecule has 3 rings (SSSR count). The maximum Gasteiger partial charge on any atom is 0.343 e. The second-order valence-electron chi connectivity index (χ2n) is 5.82. The van der Waals surface area contributed by atoms with Crippen LogP contribution in [-0.4, -0.2) is 20.9 Å². The second-order valence-corrected chi connectivity index (χ2v) is 5.82. The monoisotopic (exact) mass is 408 g/mol. The van der Waals surface area contributed by atoms with E-state index in [1.54, 1.807) is 12.1 Å². The van der Waals surface area contributed by atoms with Crippen LogP contribution in [0.4, 0.5) is 22.7 Å². The lowest BCUT2D eigenvalue weighted by molar-refractivity contribution is -0.394. The number of hydrogen-bond acceptors (Lipinski definition) is 9. The maximum absolute atomic E-state index is 12.3. The van der Waals surface area contributed by atoms with Gasteiger partial charge >= 0.3 is 11.7 Å². The predicted octanol–water partition coefficient (Wildman–Crippen LogP) is 4.84. The smallest absolute Gasteiger partial charge is 0.343 e. The first-order valence-electron chi connectivity index (χ1n) is 8.29. The van der Waals surface area contributed by atoms with Crippen LogP contribution in [0.3, 0.4) is 0 Å². The van der Waals surface area contributed by atoms with Crippen LogP contribution in [0.25, 0.3) is 0 Å². The predicted molar refractivity (Wildman–Crippen MR) is 103 cm³/mol. The van der Waals surface area contributed by atoms with Crippen LogP contribution in [0.5, 0.6) is 11.5 Å². The van der Waals surface area contributed by atoms with Crippen LogP contribution in [0.15, 0.2) is 77.0 Å². The molecule has 11 nitrogen and oxygen atoms in total. The van der Waals surface area contributed by atoms with Crippen LogP contribution in [0.2, 0.25) is 0 Å². The zero-order valence-corrected chi connectivity index (χ0v) is 15.0. The molecule has 0 aliphatic rings. The molecule has 0 bridgehead atoms. The first-order chi connectivity index (χ1) is 14.3. The third-order valence-electron chi connectivity index (χ3n) is 3.79. The van der Waals surface area contributed by atoms with E-state index < -0.39 is 32.9 Å². The van der Waals surface area contributed by atoms with Gasteiger partial charge in [-0.25, -0.2) is 4.79 Å². The minimum absolute atomic E-state index is 0.0891. The Morgan fingerprint density at radius 2 is 1.40 bits per heavy atom. The summed E-state index contributed by atoms with van der Waals surface area (Å²) in [7, 11) is 0. The molecule has 0 spiro atoms. The molecule has 30 heavy (non-hydrogen) atoms. The van der Waals surface area contributed by atoms with Crippen molar-refractivity contribution in [2.45, 2.75) is 0 Å². The molecular formula is C19H12N4O7. The van der Waals surface area contributed by atoms with Crippen molar-refractivity contribution in [3.63, 3.8) is 0 Å². The number of carbonyl (C=O) groups excluding carboxylic acids is 1. The number of nitro benzene ring substituents is 2. The number of phenols is 1. The molecule has 0 radical (unpaired) electrons. The molecule has 0 heterocycles. The number of nitro groups is 2. The fourth-order valence-corrected chi connectivity index (χ4v) is 2.31. The van der Waals surface area contributed by atoms with Crippen molar-refractivity contribution in [3.8, 4) is 11.5 Å². The van der Waals surface area contributed by atoms with Crippen molar-refractivity contribution in [3.05, 3.63) is 92.5 Å². The van der Waals surface area contributed by atoms with E-state index >= 15 is 0 Å². The normalized spacial score (nSPS) is 10.7. The fraction of sp³-hybridized carbons (Fsp3) is 0. The Kier molecular flexibility index (Phi) is 5.73. The molecule has 0 aliphatic heterocycles. The van der Waals surface area contributed by atoms with E-state index in [9.17, 15) is 30.1 Å². The number of azo groups is 1. The molecular weight excluding hydrogens is 396 g/mol. The van der Waals surface area contributed by atoms with Crippen LogP contribution >= 0.6 is 0 Å². The summed E-state index contributed by atoms with van der Waals surface area (Å²) in [6.07, 6.45) is 0. The van der Waals surface area contributed by atoms with Gasteiger partial charge < -0.3 is 9.84 Å². The number of ether oxygens (including phenoxy) is 1. The van der Waals surface area contributed by atoms with Gasteiger partial charge in [0.1, 0.15) is 5.75 Å². The Morgan fingerprint density at radius 3 is 1.93 bits per heavy atom. The van der Waals surface area contributed by atoms with Gasteiger partial charge in [-0.1, -0.05) is 0 Å². The molecule has 0 aromatic heterocycles. The van der Waals surface area contributed by atoms with Crippen LogP contribution in [-0.2, 0) is 0 Å². The van der Waals surface area contributed by atoms with Gasteiger partial charge in [-0.05, 0) is 54.6 Å². The summed E-state index contributed by atoms with van der Waals surface area (Å²) in [4.78, 5) is 32.5. The molecule has 3 aromatic rings. The molecule has 150 valence electrons. The lowest BCUT2D eigenvalue weighted by Crippen LogP contribution is -2.09. The summed E-state index contributed by atoms with van der Waals surface area (Å²) in [6, 6.07) is 14.6. The minimum Gasteiger partial charge on any atom is -0.508 e. The van der Waals surface area contributed by atoms with E-state index in [0.717, 1.165) is 18.2 Å². The zero-order chi connectivity index (χ0) is 21.7. The fourth-order valence-electron chi connectivity index (χ4n) is 2.31. The van der Waals surface area contributed by atoms with Gasteiger partial charge in [-0.15, -0.1) is 0 Å². The first kappa shape index (κ1) is 20.1. The van der Waals surface area contributed by atoms with Crippen molar-refractivity contribution >= 4 is 28.7 Å². The molecule has 0 unspecified atom stereocenters. The molecule has 0 atom stereocenters. The summed E-state index contributed by atoms with van der Waals surface area (Å²) in [5.74, 6) is -1.19. The van der Waals surface area contributed by atoms with Crippen LogP contribution in [0.1, 0.15) is 10.4 Å². The van der Waals surface area contributed by atoms with Crippen molar-refractivity contribution in [2.24, 2.45) is 10.2 Å². The third-order valence-corrected chi connectivity index (χ3v) is 3.79. The molecule has 11 heteroatoms. The van der Waals surface area contributed by atoms with Gasteiger partial charge in [-0.2, -0.15) is 10.2 Å². The number of aromatic hydroxyl groups is 1. The number of nitrogens with zero attached hydrogens (tertiary/aromatic N) is 4. The highest BCUT2D eigenvalue weighted by molar-refractivity contribution is 5.91. The van der Waals surface area contributed by atoms with Crippen LogP contribution < -0.4 is 4.74 Å². The van der Waals surface area contributed by atoms with E-state index in [2.05, 4.69) is 10.2 Å². The van der Waals surface area contributed by atoms with E-state index in [1.807, 2.05) is 0 Å². The molecule has 0 saturated carbocycles. The summed E-state index contributed by atoms with van der Waals surface area (Å²) < 4.78 is 5.03. The van der Waals surface area contributed by atoms with E-state index in [1.165, 1.54) is 36.4 Å². The molecule has 0 saturated heterocycles. The average molecular weight is 408 g/mol. The van der Waals surface area contributed by atoms with Crippen LogP contribution in [0, 0.1) is 20.2 Å². The van der Waals surface area contributed by atoms with Crippen molar-refractivity contribution in [1.82, 2.24) is 0 Å². The number of rotatable bonds is 6. The van der Waals surface area contributed by atoms with Crippen molar-refractivity contribution in [2.75, 3.05) is 0 Å². The van der Waals surface area contributed by atoms with E-state index in [0.29, 0.717) is 11.4 Å². The van der Waals surface area contributed by atoms with Crippen molar-refractivity contribution < 1.29 is 24.5 Å². The topological polar surface area (TPSA) is 158 Å². The number of non-ortho nitro benzene ring substituents is 1. The highest BCUT2D eigenvalue weighted by Crippen LogP contribution is 2.31. The number of phenolic OH excluding ortho intramolecular Hbond substituents is 1. The standard InChI is InChI=1S/C19H12N4O7/c24-16-8-5-14(6-9-16)21-20-13-3-1-12(2-4-13)19(25)30-18-10-7-15(22(26)27)11-17(18)23(28)29/h1-11,24H. The second kappa shape index (κ2) is 8.56. The Morgan fingerprint density at radius 1 is 0.833 bits per heavy atom. The SMILES string of the molecule is O=C(Oc1ccc([N+](=O)[O-])cc1[N+](=O)[O-])c1ccc(N=Nc2ccc(O)cc2)cc1. The number of benzene rings is 3. The number of hydrogen-bond donors (Lipinski definition) is 1. The number of esters is 1. The summed E-state index contributed by atoms with van der Waals surface area (Å²) >= 11 is 0. The van der Waals surface area contributed by atoms with Gasteiger partial charge in [0.2, 0.25) is 5.75 Å². The number of carbonyl (C=O) groups is 1. The maximum atomic E-state index is 12.3. The Bertz CT molecular complexity index is 1140. The molecule has 3 aromatic carbocycles. The molecule has 0 fully saturated rings. The Labute approximate surface area is 168 Å². The van der Waals surface area contributed by atoms with E-state index in [-0.39, 0.29) is 11.3 Å². The minimum atomic E-state index is -0.881. The first-order valence-corrected chi connectivity index (χ1v) is 8.29. The summed E-state index contributed by atoms with van der Waals surface area (Å²) in [5.41, 5.74) is -0.157. The molecule has 0 amide bonds. The molecule has 0 aliphatic carbocycles. The summed E-state index contributed by atoms with van der Waals surface area (Å²) in [6.45, 7) is 0. The van der Waals surface area contributed by atoms with Crippen molar-refractivity contribution in [1.29, 1.82) is 0 Å². The van der Waals surface area contributed by atoms with Gasteiger partial charge in [0.15, 0.2) is 0 Å². The van der Waals surface area contributed by atoms with Gasteiger partial charge in [0.25, 0.3) is 5.69 Å². The third kappa shape index (κ3) is 4.78. The largest absolute Gasteiger partial charge is 0.508 e. The highest BCUT2D eigenvalue weighted by atomic mass is 16.6. The quantitative estimate of drug-likeness (QED) is 0.201.